The molecular formula is C19H15BrMgO. The fourth-order valence-electron chi connectivity index (χ4n) is 2.05. The molecule has 0 amide bonds. The minimum atomic E-state index is 0. The summed E-state index contributed by atoms with van der Waals surface area (Å²) < 4.78 is 5.73. The van der Waals surface area contributed by atoms with Crippen LogP contribution in [0.25, 0.3) is 11.1 Å². The molecule has 0 aliphatic rings. The van der Waals surface area contributed by atoms with Gasteiger partial charge in [0.2, 0.25) is 0 Å². The Bertz CT molecular complexity index is 654. The molecule has 0 fully saturated rings. The molecule has 3 aromatic carbocycles. The van der Waals surface area contributed by atoms with E-state index in [4.69, 9.17) is 4.74 Å². The van der Waals surface area contributed by atoms with E-state index in [1.807, 2.05) is 48.5 Å². The van der Waals surface area contributed by atoms with E-state index < -0.39 is 0 Å². The quantitative estimate of drug-likeness (QED) is 0.502. The molecule has 3 heteroatoms. The van der Waals surface area contributed by atoms with E-state index in [1.54, 1.807) is 0 Å². The van der Waals surface area contributed by atoms with Crippen molar-refractivity contribution in [3.63, 3.8) is 0 Å². The van der Waals surface area contributed by atoms with E-state index in [9.17, 15) is 0 Å². The standard InChI is InChI=1S/C19H15O.BrH.Mg/c1-3-7-16(8-4-1)15-20-19-13-11-18(12-14-19)17-9-5-2-6-10-17;;/h1-13H,15H2;1H;/q-1;;+2/p-1. The molecule has 0 spiro atoms. The van der Waals surface area contributed by atoms with E-state index in [-0.39, 0.29) is 40.0 Å². The van der Waals surface area contributed by atoms with Crippen LogP contribution in [-0.2, 0) is 6.61 Å². The van der Waals surface area contributed by atoms with Crippen molar-refractivity contribution in [1.82, 2.24) is 0 Å². The summed E-state index contributed by atoms with van der Waals surface area (Å²) in [6, 6.07) is 29.6. The van der Waals surface area contributed by atoms with Gasteiger partial charge in [0.05, 0.1) is 0 Å². The maximum Gasteiger partial charge on any atom is 2.00 e. The van der Waals surface area contributed by atoms with Crippen molar-refractivity contribution in [2.24, 2.45) is 0 Å². The van der Waals surface area contributed by atoms with Crippen molar-refractivity contribution in [3.8, 4) is 16.9 Å². The average Bonchev–Trinajstić information content (AvgIpc) is 2.55. The van der Waals surface area contributed by atoms with Gasteiger partial charge in [0, 0.05) is 5.75 Å². The van der Waals surface area contributed by atoms with Crippen molar-refractivity contribution in [1.29, 1.82) is 0 Å². The molecule has 0 saturated carbocycles. The van der Waals surface area contributed by atoms with Gasteiger partial charge in [0.1, 0.15) is 6.61 Å². The Labute approximate surface area is 158 Å². The largest absolute Gasteiger partial charge is 2.00 e. The number of rotatable bonds is 4. The van der Waals surface area contributed by atoms with Crippen molar-refractivity contribution >= 4 is 23.1 Å². The van der Waals surface area contributed by atoms with E-state index >= 15 is 0 Å². The zero-order chi connectivity index (χ0) is 13.6. The molecule has 0 unspecified atom stereocenters. The summed E-state index contributed by atoms with van der Waals surface area (Å²) in [6.07, 6.45) is 0. The number of halogens is 1. The van der Waals surface area contributed by atoms with Crippen LogP contribution in [0, 0.1) is 6.07 Å². The van der Waals surface area contributed by atoms with Gasteiger partial charge in [-0.1, -0.05) is 66.2 Å². The first-order valence-corrected chi connectivity index (χ1v) is 6.66. The number of ether oxygens (including phenoxy) is 1. The summed E-state index contributed by atoms with van der Waals surface area (Å²) in [5, 5.41) is 0. The summed E-state index contributed by atoms with van der Waals surface area (Å²) in [5.74, 6) is 0.772. The van der Waals surface area contributed by atoms with Crippen LogP contribution in [-0.4, -0.2) is 23.1 Å². The van der Waals surface area contributed by atoms with Crippen LogP contribution in [0.1, 0.15) is 5.56 Å². The van der Waals surface area contributed by atoms with Crippen LogP contribution in [0.5, 0.6) is 5.75 Å². The molecule has 0 radical (unpaired) electrons. The van der Waals surface area contributed by atoms with E-state index in [1.165, 1.54) is 5.56 Å². The monoisotopic (exact) mass is 362 g/mol. The fourth-order valence-corrected chi connectivity index (χ4v) is 2.05. The van der Waals surface area contributed by atoms with Gasteiger partial charge in [0.15, 0.2) is 0 Å². The Kier molecular flexibility index (Phi) is 8.24. The smallest absolute Gasteiger partial charge is 1.00 e. The molecule has 3 aromatic rings. The van der Waals surface area contributed by atoms with Crippen LogP contribution in [0.4, 0.5) is 0 Å². The Morgan fingerprint density at radius 3 is 1.95 bits per heavy atom. The summed E-state index contributed by atoms with van der Waals surface area (Å²) in [4.78, 5) is 0. The molecule has 1 nitrogen and oxygen atoms in total. The first kappa shape index (κ1) is 18.8. The fraction of sp³-hybridized carbons (Fsp3) is 0.0526. The third kappa shape index (κ3) is 5.16. The second kappa shape index (κ2) is 9.67. The van der Waals surface area contributed by atoms with Gasteiger partial charge < -0.3 is 21.7 Å². The number of hydrogen-bond donors (Lipinski definition) is 0. The molecule has 106 valence electrons. The van der Waals surface area contributed by atoms with Crippen molar-refractivity contribution < 1.29 is 21.7 Å². The predicted molar refractivity (Wildman–Crippen MR) is 87.2 cm³/mol. The van der Waals surface area contributed by atoms with E-state index in [0.29, 0.717) is 6.61 Å². The normalized spacial score (nSPS) is 9.27. The van der Waals surface area contributed by atoms with Crippen LogP contribution in [0.15, 0.2) is 78.9 Å². The third-order valence-electron chi connectivity index (χ3n) is 3.13. The summed E-state index contributed by atoms with van der Waals surface area (Å²) >= 11 is 0. The van der Waals surface area contributed by atoms with Gasteiger partial charge in [0.25, 0.3) is 0 Å². The zero-order valence-electron chi connectivity index (χ0n) is 12.2. The van der Waals surface area contributed by atoms with Gasteiger partial charge in [-0.05, 0) is 5.56 Å². The number of hydrogen-bond acceptors (Lipinski definition) is 1. The molecule has 0 bridgehead atoms. The Morgan fingerprint density at radius 2 is 1.36 bits per heavy atom. The zero-order valence-corrected chi connectivity index (χ0v) is 15.2. The Morgan fingerprint density at radius 1 is 0.727 bits per heavy atom. The Balaban J connectivity index is 0.00000121. The van der Waals surface area contributed by atoms with Crippen LogP contribution >= 0.6 is 0 Å². The second-order valence-corrected chi connectivity index (χ2v) is 4.58. The molecule has 0 heterocycles. The molecule has 0 saturated heterocycles. The van der Waals surface area contributed by atoms with Crippen molar-refractivity contribution in [3.05, 3.63) is 90.5 Å². The summed E-state index contributed by atoms with van der Waals surface area (Å²) in [7, 11) is 0. The molecular weight excluding hydrogens is 348 g/mol. The van der Waals surface area contributed by atoms with Gasteiger partial charge >= 0.3 is 23.1 Å². The molecule has 22 heavy (non-hydrogen) atoms. The van der Waals surface area contributed by atoms with Crippen LogP contribution < -0.4 is 21.7 Å². The summed E-state index contributed by atoms with van der Waals surface area (Å²) in [5.41, 5.74) is 3.50. The van der Waals surface area contributed by atoms with E-state index in [0.717, 1.165) is 16.9 Å². The maximum atomic E-state index is 5.73. The van der Waals surface area contributed by atoms with E-state index in [2.05, 4.69) is 36.4 Å². The average molecular weight is 364 g/mol. The minimum Gasteiger partial charge on any atom is -1.00 e. The van der Waals surface area contributed by atoms with Gasteiger partial charge in [-0.15, -0.1) is 17.7 Å². The van der Waals surface area contributed by atoms with Gasteiger partial charge in [-0.3, -0.25) is 0 Å². The van der Waals surface area contributed by atoms with Crippen molar-refractivity contribution in [2.75, 3.05) is 0 Å². The van der Waals surface area contributed by atoms with Crippen molar-refractivity contribution in [2.45, 2.75) is 6.61 Å². The Hall–Kier alpha value is -1.29. The molecule has 0 atom stereocenters. The maximum absolute atomic E-state index is 5.73. The van der Waals surface area contributed by atoms with Crippen LogP contribution in [0.2, 0.25) is 0 Å². The molecule has 0 N–H and O–H groups in total. The molecule has 0 aliphatic heterocycles. The molecule has 0 aromatic heterocycles. The topological polar surface area (TPSA) is 9.23 Å². The molecule has 3 rings (SSSR count). The van der Waals surface area contributed by atoms with Gasteiger partial charge in [-0.25, -0.2) is 0 Å². The van der Waals surface area contributed by atoms with Gasteiger partial charge in [-0.2, -0.15) is 12.1 Å². The molecule has 0 aliphatic carbocycles. The van der Waals surface area contributed by atoms with Crippen LogP contribution in [0.3, 0.4) is 0 Å². The first-order chi connectivity index (χ1) is 9.92. The first-order valence-electron chi connectivity index (χ1n) is 6.66. The minimum absolute atomic E-state index is 0. The SMILES string of the molecule is [Br-].[Mg+2].[c-]1cc(-c2ccccc2)ccc1OCc1ccccc1. The summed E-state index contributed by atoms with van der Waals surface area (Å²) in [6.45, 7) is 0.571. The predicted octanol–water partition coefficient (Wildman–Crippen LogP) is 1.36. The third-order valence-corrected chi connectivity index (χ3v) is 3.13. The second-order valence-electron chi connectivity index (χ2n) is 4.58. The number of benzene rings is 3.